The molecule has 0 spiro atoms. The SMILES string of the molecule is CC1(C)OB(c2cnc(N3CCC(NC(=O)CCl)C3)nc2)OC1(C)C. The number of nitrogens with zero attached hydrogens (tertiary/aromatic N) is 3. The second-order valence-electron chi connectivity index (χ2n) is 7.54. The summed E-state index contributed by atoms with van der Waals surface area (Å²) in [5.74, 6) is 0.476. The number of amides is 1. The van der Waals surface area contributed by atoms with E-state index in [0.717, 1.165) is 18.4 Å². The van der Waals surface area contributed by atoms with E-state index in [9.17, 15) is 4.79 Å². The molecule has 9 heteroatoms. The lowest BCUT2D eigenvalue weighted by Crippen LogP contribution is -2.41. The quantitative estimate of drug-likeness (QED) is 0.625. The van der Waals surface area contributed by atoms with Crippen LogP contribution < -0.4 is 15.7 Å². The monoisotopic (exact) mass is 366 g/mol. The molecule has 25 heavy (non-hydrogen) atoms. The second kappa shape index (κ2) is 6.74. The van der Waals surface area contributed by atoms with Crippen molar-refractivity contribution in [3.8, 4) is 0 Å². The molecule has 2 fully saturated rings. The second-order valence-corrected chi connectivity index (χ2v) is 7.80. The van der Waals surface area contributed by atoms with Crippen LogP contribution in [0.15, 0.2) is 12.4 Å². The van der Waals surface area contributed by atoms with Crippen LogP contribution in [0.5, 0.6) is 0 Å². The summed E-state index contributed by atoms with van der Waals surface area (Å²) in [6, 6.07) is 0.0811. The smallest absolute Gasteiger partial charge is 0.399 e. The Bertz CT molecular complexity index is 625. The zero-order valence-corrected chi connectivity index (χ0v) is 15.8. The van der Waals surface area contributed by atoms with Crippen molar-refractivity contribution in [2.24, 2.45) is 0 Å². The first kappa shape index (κ1) is 18.4. The van der Waals surface area contributed by atoms with Gasteiger partial charge in [-0.1, -0.05) is 0 Å². The molecule has 2 aliphatic heterocycles. The molecule has 0 bridgehead atoms. The van der Waals surface area contributed by atoms with Crippen LogP contribution >= 0.6 is 11.6 Å². The molecule has 2 saturated heterocycles. The van der Waals surface area contributed by atoms with Crippen molar-refractivity contribution in [2.75, 3.05) is 23.9 Å². The van der Waals surface area contributed by atoms with Crippen LogP contribution in [0.3, 0.4) is 0 Å². The first-order chi connectivity index (χ1) is 11.7. The van der Waals surface area contributed by atoms with Gasteiger partial charge in [0.1, 0.15) is 5.88 Å². The zero-order chi connectivity index (χ0) is 18.2. The maximum Gasteiger partial charge on any atom is 0.498 e. The highest BCUT2D eigenvalue weighted by Gasteiger charge is 2.52. The van der Waals surface area contributed by atoms with Crippen molar-refractivity contribution < 1.29 is 14.1 Å². The third kappa shape index (κ3) is 3.76. The maximum absolute atomic E-state index is 11.4. The van der Waals surface area contributed by atoms with Crippen molar-refractivity contribution in [1.29, 1.82) is 0 Å². The Kier molecular flexibility index (Phi) is 4.96. The van der Waals surface area contributed by atoms with Gasteiger partial charge in [0.15, 0.2) is 0 Å². The molecule has 1 amide bonds. The molecular weight excluding hydrogens is 342 g/mol. The highest BCUT2D eigenvalue weighted by molar-refractivity contribution is 6.61. The predicted octanol–water partition coefficient (Wildman–Crippen LogP) is 0.710. The Hall–Kier alpha value is -1.38. The number of halogens is 1. The predicted molar refractivity (Wildman–Crippen MR) is 97.2 cm³/mol. The van der Waals surface area contributed by atoms with Gasteiger partial charge >= 0.3 is 7.12 Å². The van der Waals surface area contributed by atoms with Crippen molar-refractivity contribution in [1.82, 2.24) is 15.3 Å². The summed E-state index contributed by atoms with van der Waals surface area (Å²) in [7, 11) is -0.464. The molecule has 0 aliphatic carbocycles. The molecular formula is C16H24BClN4O3. The minimum absolute atomic E-state index is 0.0181. The highest BCUT2D eigenvalue weighted by Crippen LogP contribution is 2.36. The number of alkyl halides is 1. The Morgan fingerprint density at radius 2 is 1.92 bits per heavy atom. The number of hydrogen-bond acceptors (Lipinski definition) is 6. The number of nitrogens with one attached hydrogen (secondary N) is 1. The van der Waals surface area contributed by atoms with Gasteiger partial charge in [-0.15, -0.1) is 11.6 Å². The summed E-state index contributed by atoms with van der Waals surface area (Å²) in [6.45, 7) is 9.54. The van der Waals surface area contributed by atoms with Crippen molar-refractivity contribution >= 4 is 36.0 Å². The zero-order valence-electron chi connectivity index (χ0n) is 15.1. The fraction of sp³-hybridized carbons (Fsp3) is 0.688. The maximum atomic E-state index is 11.4. The summed E-state index contributed by atoms with van der Waals surface area (Å²) in [5, 5.41) is 2.89. The minimum Gasteiger partial charge on any atom is -0.399 e. The van der Waals surface area contributed by atoms with Crippen LogP contribution in [0.2, 0.25) is 0 Å². The molecule has 3 heterocycles. The number of rotatable bonds is 4. The van der Waals surface area contributed by atoms with E-state index in [2.05, 4.69) is 15.3 Å². The van der Waals surface area contributed by atoms with Gasteiger partial charge in [-0.2, -0.15) is 0 Å². The normalized spacial score (nSPS) is 24.6. The van der Waals surface area contributed by atoms with Crippen molar-refractivity contribution in [3.63, 3.8) is 0 Å². The summed E-state index contributed by atoms with van der Waals surface area (Å²) < 4.78 is 12.0. The van der Waals surface area contributed by atoms with Gasteiger partial charge in [0.25, 0.3) is 0 Å². The van der Waals surface area contributed by atoms with Crippen LogP contribution in [0.4, 0.5) is 5.95 Å². The third-order valence-electron chi connectivity index (χ3n) is 5.14. The molecule has 136 valence electrons. The molecule has 1 N–H and O–H groups in total. The highest BCUT2D eigenvalue weighted by atomic mass is 35.5. The third-order valence-corrected chi connectivity index (χ3v) is 5.38. The molecule has 1 aromatic rings. The summed E-state index contributed by atoms with van der Waals surface area (Å²) in [4.78, 5) is 22.3. The topological polar surface area (TPSA) is 76.6 Å². The molecule has 0 aromatic carbocycles. The van der Waals surface area contributed by atoms with Crippen LogP contribution in [0, 0.1) is 0 Å². The first-order valence-corrected chi connectivity index (χ1v) is 9.03. The largest absolute Gasteiger partial charge is 0.498 e. The van der Waals surface area contributed by atoms with Crippen LogP contribution in [0.1, 0.15) is 34.1 Å². The first-order valence-electron chi connectivity index (χ1n) is 8.50. The van der Waals surface area contributed by atoms with E-state index in [1.807, 2.05) is 32.6 Å². The lowest BCUT2D eigenvalue weighted by Gasteiger charge is -2.32. The van der Waals surface area contributed by atoms with E-state index in [4.69, 9.17) is 20.9 Å². The molecule has 3 rings (SSSR count). The lowest BCUT2D eigenvalue weighted by atomic mass is 9.81. The molecule has 1 unspecified atom stereocenters. The standard InChI is InChI=1S/C16H24BClN4O3/c1-15(2)16(3,4)25-17(24-15)11-8-19-14(20-9-11)22-6-5-12(10-22)21-13(23)7-18/h8-9,12H,5-7,10H2,1-4H3,(H,21,23). The van der Waals surface area contributed by atoms with Crippen molar-refractivity contribution in [2.45, 2.75) is 51.4 Å². The Morgan fingerprint density at radius 3 is 2.48 bits per heavy atom. The van der Waals surface area contributed by atoms with E-state index >= 15 is 0 Å². The average molecular weight is 367 g/mol. The minimum atomic E-state index is -0.464. The van der Waals surface area contributed by atoms with Gasteiger partial charge in [0.05, 0.1) is 11.2 Å². The van der Waals surface area contributed by atoms with E-state index in [1.165, 1.54) is 0 Å². The molecule has 1 atom stereocenters. The number of carbonyl (C=O) groups is 1. The number of hydrogen-bond donors (Lipinski definition) is 1. The summed E-state index contributed by atoms with van der Waals surface area (Å²) in [5.41, 5.74) is 0.0201. The van der Waals surface area contributed by atoms with Crippen LogP contribution in [0.25, 0.3) is 0 Å². The molecule has 0 saturated carbocycles. The molecule has 2 aliphatic rings. The Morgan fingerprint density at radius 1 is 1.32 bits per heavy atom. The molecule has 7 nitrogen and oxygen atoms in total. The number of anilines is 1. The Balaban J connectivity index is 1.63. The van der Waals surface area contributed by atoms with Gasteiger partial charge in [0.2, 0.25) is 11.9 Å². The van der Waals surface area contributed by atoms with E-state index in [1.54, 1.807) is 12.4 Å². The van der Waals surface area contributed by atoms with E-state index in [0.29, 0.717) is 12.5 Å². The van der Waals surface area contributed by atoms with Gasteiger partial charge in [-0.25, -0.2) is 9.97 Å². The Labute approximate surface area is 153 Å². The van der Waals surface area contributed by atoms with E-state index in [-0.39, 0.29) is 29.0 Å². The van der Waals surface area contributed by atoms with Crippen LogP contribution in [-0.4, -0.2) is 59.2 Å². The van der Waals surface area contributed by atoms with E-state index < -0.39 is 7.12 Å². The lowest BCUT2D eigenvalue weighted by molar-refractivity contribution is -0.119. The summed E-state index contributed by atoms with van der Waals surface area (Å²) >= 11 is 5.53. The number of carbonyl (C=O) groups excluding carboxylic acids is 1. The van der Waals surface area contributed by atoms with Gasteiger partial charge in [-0.05, 0) is 34.1 Å². The summed E-state index contributed by atoms with van der Waals surface area (Å²) in [6.07, 6.45) is 4.34. The fourth-order valence-corrected chi connectivity index (χ4v) is 3.00. The molecule has 0 radical (unpaired) electrons. The van der Waals surface area contributed by atoms with Gasteiger partial charge in [-0.3, -0.25) is 4.79 Å². The number of aromatic nitrogens is 2. The van der Waals surface area contributed by atoms with Gasteiger partial charge in [0, 0.05) is 37.0 Å². The van der Waals surface area contributed by atoms with Crippen LogP contribution in [-0.2, 0) is 14.1 Å². The molecule has 1 aromatic heterocycles. The fourth-order valence-electron chi connectivity index (χ4n) is 2.92. The van der Waals surface area contributed by atoms with Gasteiger partial charge < -0.3 is 19.5 Å². The average Bonchev–Trinajstić information content (AvgIpc) is 3.10. The van der Waals surface area contributed by atoms with Crippen molar-refractivity contribution in [3.05, 3.63) is 12.4 Å².